The molecule has 0 saturated heterocycles. The number of benzene rings is 1. The van der Waals surface area contributed by atoms with Gasteiger partial charge in [0.05, 0.1) is 13.0 Å². The van der Waals surface area contributed by atoms with Crippen LogP contribution in [0.2, 0.25) is 0 Å². The van der Waals surface area contributed by atoms with Crippen LogP contribution in [-0.4, -0.2) is 46.7 Å². The van der Waals surface area contributed by atoms with Crippen LogP contribution in [0.25, 0.3) is 0 Å². The number of carbonyl (C=O) groups excluding carboxylic acids is 2. The molecule has 2 amide bonds. The molecule has 25 heavy (non-hydrogen) atoms. The third-order valence-corrected chi connectivity index (χ3v) is 3.82. The normalized spacial score (nSPS) is 15.4. The van der Waals surface area contributed by atoms with Crippen LogP contribution >= 0.6 is 0 Å². The van der Waals surface area contributed by atoms with E-state index >= 15 is 0 Å². The zero-order chi connectivity index (χ0) is 18.6. The van der Waals surface area contributed by atoms with Crippen molar-refractivity contribution in [2.45, 2.75) is 37.6 Å². The highest BCUT2D eigenvalue weighted by atomic mass is 19.4. The maximum atomic E-state index is 12.5. The largest absolute Gasteiger partial charge is 0.416 e. The Balaban J connectivity index is 1.98. The van der Waals surface area contributed by atoms with Crippen molar-refractivity contribution in [2.75, 3.05) is 11.9 Å². The van der Waals surface area contributed by atoms with Gasteiger partial charge in [-0.05, 0) is 36.6 Å². The van der Waals surface area contributed by atoms with Crippen molar-refractivity contribution >= 4 is 17.5 Å². The van der Waals surface area contributed by atoms with Crippen LogP contribution in [0, 0.1) is 0 Å². The van der Waals surface area contributed by atoms with Gasteiger partial charge in [-0.15, -0.1) is 0 Å². The Bertz CT molecular complexity index is 640. The molecule has 1 aromatic carbocycles. The standard InChI is InChI=1S/C17H19F3N2O3/c1-2-15(24)21-12-5-3-11(4-6-12)9-16(25)22(13-7-8-13)10-14(23)17(18,19)20/h2-6,13-14,23H,1,7-10H2,(H,21,24). The molecule has 1 aliphatic rings. The monoisotopic (exact) mass is 356 g/mol. The first-order valence-corrected chi connectivity index (χ1v) is 7.77. The quantitative estimate of drug-likeness (QED) is 0.737. The predicted molar refractivity (Wildman–Crippen MR) is 85.8 cm³/mol. The number of amides is 2. The Labute approximate surface area is 143 Å². The Kier molecular flexibility index (Phi) is 5.84. The second-order valence-electron chi connectivity index (χ2n) is 5.90. The van der Waals surface area contributed by atoms with E-state index in [4.69, 9.17) is 0 Å². The third-order valence-electron chi connectivity index (χ3n) is 3.82. The van der Waals surface area contributed by atoms with Crippen LogP contribution in [0.5, 0.6) is 0 Å². The summed E-state index contributed by atoms with van der Waals surface area (Å²) in [5.74, 6) is -0.835. The molecule has 5 nitrogen and oxygen atoms in total. The zero-order valence-corrected chi connectivity index (χ0v) is 13.4. The fourth-order valence-corrected chi connectivity index (χ4v) is 2.31. The van der Waals surface area contributed by atoms with Crippen molar-refractivity contribution in [1.82, 2.24) is 4.90 Å². The summed E-state index contributed by atoms with van der Waals surface area (Å²) in [5.41, 5.74) is 1.13. The minimum atomic E-state index is -4.75. The summed E-state index contributed by atoms with van der Waals surface area (Å²) in [5, 5.41) is 11.8. The topological polar surface area (TPSA) is 69.6 Å². The Morgan fingerprint density at radius 1 is 1.32 bits per heavy atom. The average molecular weight is 356 g/mol. The number of hydrogen-bond acceptors (Lipinski definition) is 3. The Morgan fingerprint density at radius 2 is 1.92 bits per heavy atom. The van der Waals surface area contributed by atoms with Gasteiger partial charge in [-0.1, -0.05) is 18.7 Å². The molecule has 1 saturated carbocycles. The van der Waals surface area contributed by atoms with Gasteiger partial charge in [-0.25, -0.2) is 0 Å². The third kappa shape index (κ3) is 5.60. The van der Waals surface area contributed by atoms with E-state index < -0.39 is 24.7 Å². The molecule has 0 bridgehead atoms. The van der Waals surface area contributed by atoms with Crippen LogP contribution in [0.3, 0.4) is 0 Å². The number of alkyl halides is 3. The maximum absolute atomic E-state index is 12.5. The molecule has 1 aliphatic carbocycles. The molecular formula is C17H19F3N2O3. The summed E-state index contributed by atoms with van der Waals surface area (Å²) in [4.78, 5) is 24.6. The van der Waals surface area contributed by atoms with Gasteiger partial charge >= 0.3 is 6.18 Å². The van der Waals surface area contributed by atoms with Gasteiger partial charge in [0.2, 0.25) is 11.8 Å². The van der Waals surface area contributed by atoms with Gasteiger partial charge in [-0.2, -0.15) is 13.2 Å². The lowest BCUT2D eigenvalue weighted by Gasteiger charge is -2.26. The first-order chi connectivity index (χ1) is 11.7. The van der Waals surface area contributed by atoms with Crippen LogP contribution in [-0.2, 0) is 16.0 Å². The number of aliphatic hydroxyl groups is 1. The molecule has 1 fully saturated rings. The second kappa shape index (κ2) is 7.69. The van der Waals surface area contributed by atoms with E-state index in [9.17, 15) is 27.9 Å². The molecule has 1 unspecified atom stereocenters. The van der Waals surface area contributed by atoms with Crippen molar-refractivity contribution < 1.29 is 27.9 Å². The number of carbonyl (C=O) groups is 2. The van der Waals surface area contributed by atoms with Gasteiger partial charge in [0.1, 0.15) is 0 Å². The highest BCUT2D eigenvalue weighted by molar-refractivity contribution is 5.98. The fourth-order valence-electron chi connectivity index (χ4n) is 2.31. The molecule has 0 heterocycles. The number of halogens is 3. The van der Waals surface area contributed by atoms with Crippen molar-refractivity contribution in [3.63, 3.8) is 0 Å². The summed E-state index contributed by atoms with van der Waals surface area (Å²) in [6.07, 6.45) is -4.97. The van der Waals surface area contributed by atoms with Gasteiger partial charge in [0, 0.05) is 11.7 Å². The molecule has 8 heteroatoms. The summed E-state index contributed by atoms with van der Waals surface area (Å²) in [7, 11) is 0. The first kappa shape index (κ1) is 19.0. The predicted octanol–water partition coefficient (Wildman–Crippen LogP) is 2.27. The van der Waals surface area contributed by atoms with E-state index in [1.807, 2.05) is 0 Å². The van der Waals surface area contributed by atoms with Crippen molar-refractivity contribution in [2.24, 2.45) is 0 Å². The lowest BCUT2D eigenvalue weighted by molar-refractivity contribution is -0.208. The molecule has 2 rings (SSSR count). The van der Waals surface area contributed by atoms with Gasteiger partial charge in [-0.3, -0.25) is 9.59 Å². The maximum Gasteiger partial charge on any atom is 0.416 e. The molecular weight excluding hydrogens is 337 g/mol. The molecule has 0 aliphatic heterocycles. The zero-order valence-electron chi connectivity index (χ0n) is 13.4. The van der Waals surface area contributed by atoms with E-state index in [-0.39, 0.29) is 18.4 Å². The SMILES string of the molecule is C=CC(=O)Nc1ccc(CC(=O)N(CC(O)C(F)(F)F)C2CC2)cc1. The number of rotatable bonds is 7. The van der Waals surface area contributed by atoms with E-state index in [0.717, 1.165) is 11.0 Å². The van der Waals surface area contributed by atoms with Gasteiger partial charge < -0.3 is 15.3 Å². The number of anilines is 1. The molecule has 1 aromatic rings. The second-order valence-corrected chi connectivity index (χ2v) is 5.90. The van der Waals surface area contributed by atoms with Crippen molar-refractivity contribution in [3.8, 4) is 0 Å². The van der Waals surface area contributed by atoms with Gasteiger partial charge in [0.15, 0.2) is 6.10 Å². The summed E-state index contributed by atoms with van der Waals surface area (Å²) >= 11 is 0. The Hall–Kier alpha value is -2.35. The van der Waals surface area contributed by atoms with Crippen LogP contribution in [0.4, 0.5) is 18.9 Å². The van der Waals surface area contributed by atoms with Crippen LogP contribution in [0.15, 0.2) is 36.9 Å². The number of nitrogens with one attached hydrogen (secondary N) is 1. The minimum absolute atomic E-state index is 0.0727. The van der Waals surface area contributed by atoms with Gasteiger partial charge in [0.25, 0.3) is 0 Å². The molecule has 2 N–H and O–H groups in total. The van der Waals surface area contributed by atoms with E-state index in [2.05, 4.69) is 11.9 Å². The van der Waals surface area contributed by atoms with Crippen molar-refractivity contribution in [1.29, 1.82) is 0 Å². The highest BCUT2D eigenvalue weighted by Crippen LogP contribution is 2.30. The minimum Gasteiger partial charge on any atom is -0.382 e. The van der Waals surface area contributed by atoms with E-state index in [1.165, 1.54) is 0 Å². The summed E-state index contributed by atoms with van der Waals surface area (Å²) in [6.45, 7) is 2.58. The molecule has 0 radical (unpaired) electrons. The summed E-state index contributed by atoms with van der Waals surface area (Å²) in [6, 6.07) is 6.17. The van der Waals surface area contributed by atoms with E-state index in [1.54, 1.807) is 24.3 Å². The van der Waals surface area contributed by atoms with E-state index in [0.29, 0.717) is 24.1 Å². The molecule has 0 aromatic heterocycles. The first-order valence-electron chi connectivity index (χ1n) is 7.77. The fraction of sp³-hybridized carbons (Fsp3) is 0.412. The molecule has 136 valence electrons. The smallest absolute Gasteiger partial charge is 0.382 e. The van der Waals surface area contributed by atoms with Crippen LogP contribution in [0.1, 0.15) is 18.4 Å². The molecule has 0 spiro atoms. The van der Waals surface area contributed by atoms with Crippen molar-refractivity contribution in [3.05, 3.63) is 42.5 Å². The summed E-state index contributed by atoms with van der Waals surface area (Å²) < 4.78 is 37.6. The Morgan fingerprint density at radius 3 is 2.40 bits per heavy atom. The highest BCUT2D eigenvalue weighted by Gasteiger charge is 2.43. The molecule has 1 atom stereocenters. The lowest BCUT2D eigenvalue weighted by atomic mass is 10.1. The number of hydrogen-bond donors (Lipinski definition) is 2. The number of aliphatic hydroxyl groups excluding tert-OH is 1. The average Bonchev–Trinajstić information content (AvgIpc) is 3.37. The lowest BCUT2D eigenvalue weighted by Crippen LogP contribution is -2.45. The number of nitrogens with zero attached hydrogens (tertiary/aromatic N) is 1. The van der Waals surface area contributed by atoms with Crippen LogP contribution < -0.4 is 5.32 Å².